The second-order valence-corrected chi connectivity index (χ2v) is 7.34. The van der Waals surface area contributed by atoms with Gasteiger partial charge in [-0.2, -0.15) is 17.0 Å². The number of hydrogen-bond acceptors (Lipinski definition) is 5. The van der Waals surface area contributed by atoms with Gasteiger partial charge in [-0.1, -0.05) is 0 Å². The van der Waals surface area contributed by atoms with Crippen LogP contribution < -0.4 is 0 Å². The number of morpholine rings is 1. The van der Waals surface area contributed by atoms with E-state index >= 15 is 0 Å². The van der Waals surface area contributed by atoms with E-state index < -0.39 is 10.2 Å². The molecule has 0 radical (unpaired) electrons. The molecule has 1 aromatic rings. The molecular formula is C13H20N4O3S. The third-order valence-corrected chi connectivity index (χ3v) is 5.88. The zero-order valence-electron chi connectivity index (χ0n) is 12.1. The highest BCUT2D eigenvalue weighted by atomic mass is 32.2. The van der Waals surface area contributed by atoms with E-state index in [0.29, 0.717) is 38.5 Å². The van der Waals surface area contributed by atoms with E-state index in [1.165, 1.54) is 4.31 Å². The maximum absolute atomic E-state index is 12.6. The number of aryl methyl sites for hydroxylation is 1. The molecule has 8 heteroatoms. The van der Waals surface area contributed by atoms with Crippen LogP contribution in [0.4, 0.5) is 0 Å². The molecule has 0 aromatic carbocycles. The molecule has 2 fully saturated rings. The molecular weight excluding hydrogens is 292 g/mol. The minimum absolute atomic E-state index is 0.302. The van der Waals surface area contributed by atoms with E-state index in [1.54, 1.807) is 16.7 Å². The summed E-state index contributed by atoms with van der Waals surface area (Å²) in [4.78, 5) is 8.49. The molecule has 21 heavy (non-hydrogen) atoms. The van der Waals surface area contributed by atoms with Crippen molar-refractivity contribution < 1.29 is 13.2 Å². The molecule has 2 aliphatic rings. The van der Waals surface area contributed by atoms with Crippen LogP contribution in [0.15, 0.2) is 12.4 Å². The fourth-order valence-electron chi connectivity index (χ4n) is 2.67. The Morgan fingerprint density at radius 2 is 1.90 bits per heavy atom. The van der Waals surface area contributed by atoms with Crippen LogP contribution in [0.5, 0.6) is 0 Å². The second kappa shape index (κ2) is 5.96. The molecule has 0 amide bonds. The molecule has 7 nitrogen and oxygen atoms in total. The molecule has 0 N–H and O–H groups in total. The molecule has 0 bridgehead atoms. The second-order valence-electron chi connectivity index (χ2n) is 5.41. The maximum atomic E-state index is 12.6. The highest BCUT2D eigenvalue weighted by Gasteiger charge is 2.36. The van der Waals surface area contributed by atoms with Crippen molar-refractivity contribution in [2.24, 2.45) is 0 Å². The first-order valence-electron chi connectivity index (χ1n) is 7.23. The first-order valence-corrected chi connectivity index (χ1v) is 8.62. The van der Waals surface area contributed by atoms with Gasteiger partial charge in [0.1, 0.15) is 6.10 Å². The smallest absolute Gasteiger partial charge is 0.282 e. The van der Waals surface area contributed by atoms with Crippen LogP contribution in [0, 0.1) is 6.92 Å². The molecule has 116 valence electrons. The van der Waals surface area contributed by atoms with Gasteiger partial charge in [0.05, 0.1) is 24.2 Å². The van der Waals surface area contributed by atoms with Crippen molar-refractivity contribution in [1.29, 1.82) is 0 Å². The first-order chi connectivity index (χ1) is 10.1. The van der Waals surface area contributed by atoms with E-state index in [-0.39, 0.29) is 6.10 Å². The minimum Gasteiger partial charge on any atom is -0.369 e. The lowest BCUT2D eigenvalue weighted by molar-refractivity contribution is -0.00668. The van der Waals surface area contributed by atoms with Crippen LogP contribution in [0.3, 0.4) is 0 Å². The first kappa shape index (κ1) is 14.8. The van der Waals surface area contributed by atoms with E-state index in [4.69, 9.17) is 4.74 Å². The monoisotopic (exact) mass is 312 g/mol. The molecule has 2 aliphatic heterocycles. The van der Waals surface area contributed by atoms with Crippen LogP contribution >= 0.6 is 0 Å². The van der Waals surface area contributed by atoms with E-state index in [2.05, 4.69) is 9.97 Å². The van der Waals surface area contributed by atoms with E-state index in [0.717, 1.165) is 18.5 Å². The Labute approximate surface area is 125 Å². The van der Waals surface area contributed by atoms with Crippen LogP contribution in [0.1, 0.15) is 30.3 Å². The molecule has 0 unspecified atom stereocenters. The highest BCUT2D eigenvalue weighted by Crippen LogP contribution is 2.24. The van der Waals surface area contributed by atoms with Gasteiger partial charge in [-0.25, -0.2) is 0 Å². The summed E-state index contributed by atoms with van der Waals surface area (Å²) in [5, 5.41) is 0. The SMILES string of the molecule is Cc1cnc([C@H]2CN(S(=O)(=O)N3CCCC3)CCO2)cn1. The normalized spacial score (nSPS) is 25.3. The number of aromatic nitrogens is 2. The summed E-state index contributed by atoms with van der Waals surface area (Å²) < 4.78 is 33.9. The number of hydrogen-bond donors (Lipinski definition) is 0. The fraction of sp³-hybridized carbons (Fsp3) is 0.692. The van der Waals surface area contributed by atoms with Crippen molar-refractivity contribution in [3.05, 3.63) is 23.8 Å². The summed E-state index contributed by atoms with van der Waals surface area (Å²) in [7, 11) is -3.37. The number of rotatable bonds is 3. The van der Waals surface area contributed by atoms with Gasteiger partial charge in [0.2, 0.25) is 0 Å². The molecule has 1 atom stereocenters. The van der Waals surface area contributed by atoms with Crippen molar-refractivity contribution in [3.63, 3.8) is 0 Å². The van der Waals surface area contributed by atoms with E-state index in [1.807, 2.05) is 6.92 Å². The minimum atomic E-state index is -3.37. The Bertz CT molecular complexity index is 584. The lowest BCUT2D eigenvalue weighted by Crippen LogP contribution is -2.48. The Kier molecular flexibility index (Phi) is 4.21. The highest BCUT2D eigenvalue weighted by molar-refractivity contribution is 7.86. The topological polar surface area (TPSA) is 75.6 Å². The average molecular weight is 312 g/mol. The van der Waals surface area contributed by atoms with Gasteiger partial charge in [0.25, 0.3) is 10.2 Å². The van der Waals surface area contributed by atoms with Crippen LogP contribution in [0.2, 0.25) is 0 Å². The summed E-state index contributed by atoms with van der Waals surface area (Å²) in [6.45, 7) is 4.19. The van der Waals surface area contributed by atoms with Crippen LogP contribution in [-0.2, 0) is 14.9 Å². The van der Waals surface area contributed by atoms with Gasteiger partial charge in [-0.3, -0.25) is 9.97 Å². The number of nitrogens with zero attached hydrogens (tertiary/aromatic N) is 4. The van der Waals surface area contributed by atoms with Gasteiger partial charge in [-0.05, 0) is 19.8 Å². The molecule has 0 saturated carbocycles. The standard InChI is InChI=1S/C13H20N4O3S/c1-11-8-15-12(9-14-11)13-10-17(6-7-20-13)21(18,19)16-4-2-3-5-16/h8-9,13H,2-7,10H2,1H3/t13-/m1/s1. The van der Waals surface area contributed by atoms with Crippen molar-refractivity contribution in [2.75, 3.05) is 32.8 Å². The zero-order chi connectivity index (χ0) is 14.9. The van der Waals surface area contributed by atoms with Gasteiger partial charge in [-0.15, -0.1) is 0 Å². The summed E-state index contributed by atoms with van der Waals surface area (Å²) in [5.41, 5.74) is 1.51. The summed E-state index contributed by atoms with van der Waals surface area (Å²) in [5.74, 6) is 0. The fourth-order valence-corrected chi connectivity index (χ4v) is 4.34. The van der Waals surface area contributed by atoms with Gasteiger partial charge < -0.3 is 4.74 Å². The lowest BCUT2D eigenvalue weighted by Gasteiger charge is -2.34. The van der Waals surface area contributed by atoms with Crippen LogP contribution in [-0.4, -0.2) is 59.8 Å². The molecule has 3 rings (SSSR count). The molecule has 3 heterocycles. The third kappa shape index (κ3) is 3.08. The quantitative estimate of drug-likeness (QED) is 0.812. The molecule has 1 aromatic heterocycles. The largest absolute Gasteiger partial charge is 0.369 e. The third-order valence-electron chi connectivity index (χ3n) is 3.88. The zero-order valence-corrected chi connectivity index (χ0v) is 12.9. The predicted molar refractivity (Wildman–Crippen MR) is 76.8 cm³/mol. The van der Waals surface area contributed by atoms with Gasteiger partial charge >= 0.3 is 0 Å². The van der Waals surface area contributed by atoms with Gasteiger partial charge in [0.15, 0.2) is 0 Å². The Hall–Kier alpha value is -1.09. The number of ether oxygens (including phenoxy) is 1. The van der Waals surface area contributed by atoms with Crippen molar-refractivity contribution in [2.45, 2.75) is 25.9 Å². The van der Waals surface area contributed by atoms with Crippen molar-refractivity contribution in [3.8, 4) is 0 Å². The Morgan fingerprint density at radius 1 is 1.14 bits per heavy atom. The Morgan fingerprint density at radius 3 is 2.57 bits per heavy atom. The predicted octanol–water partition coefficient (Wildman–Crippen LogP) is 0.499. The summed E-state index contributed by atoms with van der Waals surface area (Å²) >= 11 is 0. The molecule has 0 aliphatic carbocycles. The lowest BCUT2D eigenvalue weighted by atomic mass is 10.2. The molecule has 2 saturated heterocycles. The van der Waals surface area contributed by atoms with Crippen molar-refractivity contribution in [1.82, 2.24) is 18.6 Å². The summed E-state index contributed by atoms with van der Waals surface area (Å²) in [6.07, 6.45) is 4.87. The Balaban J connectivity index is 1.75. The van der Waals surface area contributed by atoms with E-state index in [9.17, 15) is 8.42 Å². The summed E-state index contributed by atoms with van der Waals surface area (Å²) in [6, 6.07) is 0. The van der Waals surface area contributed by atoms with Gasteiger partial charge in [0, 0.05) is 32.4 Å². The average Bonchev–Trinajstić information content (AvgIpc) is 3.03. The van der Waals surface area contributed by atoms with Crippen molar-refractivity contribution >= 4 is 10.2 Å². The maximum Gasteiger partial charge on any atom is 0.282 e. The molecule has 0 spiro atoms. The van der Waals surface area contributed by atoms with Crippen LogP contribution in [0.25, 0.3) is 0 Å².